The molecule has 1 aliphatic rings. The predicted octanol–water partition coefficient (Wildman–Crippen LogP) is 1.67. The van der Waals surface area contributed by atoms with Gasteiger partial charge in [0.15, 0.2) is 0 Å². The molecule has 0 unspecified atom stereocenters. The molecule has 2 atom stereocenters. The van der Waals surface area contributed by atoms with E-state index in [1.54, 1.807) is 20.8 Å². The van der Waals surface area contributed by atoms with E-state index >= 15 is 0 Å². The van der Waals surface area contributed by atoms with Gasteiger partial charge in [-0.25, -0.2) is 0 Å². The second kappa shape index (κ2) is 7.07. The van der Waals surface area contributed by atoms with Gasteiger partial charge in [-0.2, -0.15) is 17.4 Å². The number of nitrogens with one attached hydrogen (secondary N) is 1. The fraction of sp³-hybridized carbons (Fsp3) is 0.929. The molecule has 0 aromatic heterocycles. The SMILES string of the molecule is CC[C@H](C)[C@H](NS(=O)(=O)N1CCCC1)C(=O)OC(C)(C)C. The monoisotopic (exact) mass is 320 g/mol. The molecule has 0 aliphatic carbocycles. The summed E-state index contributed by atoms with van der Waals surface area (Å²) in [6.07, 6.45) is 2.41. The number of esters is 1. The first-order valence-electron chi connectivity index (χ1n) is 7.57. The first kappa shape index (κ1) is 18.4. The van der Waals surface area contributed by atoms with Crippen LogP contribution in [0, 0.1) is 5.92 Å². The third kappa shape index (κ3) is 5.56. The Morgan fingerprint density at radius 1 is 1.29 bits per heavy atom. The lowest BCUT2D eigenvalue weighted by molar-refractivity contribution is -0.158. The summed E-state index contributed by atoms with van der Waals surface area (Å²) in [7, 11) is -3.63. The van der Waals surface area contributed by atoms with Gasteiger partial charge in [-0.1, -0.05) is 20.3 Å². The van der Waals surface area contributed by atoms with Gasteiger partial charge in [0.1, 0.15) is 11.6 Å². The van der Waals surface area contributed by atoms with Crippen LogP contribution in [0.15, 0.2) is 0 Å². The van der Waals surface area contributed by atoms with Crippen molar-refractivity contribution in [3.8, 4) is 0 Å². The van der Waals surface area contributed by atoms with Gasteiger partial charge in [0.2, 0.25) is 0 Å². The average Bonchev–Trinajstić information content (AvgIpc) is 2.87. The van der Waals surface area contributed by atoms with E-state index in [0.717, 1.165) is 12.8 Å². The Hall–Kier alpha value is -0.660. The topological polar surface area (TPSA) is 75.7 Å². The van der Waals surface area contributed by atoms with Crippen LogP contribution < -0.4 is 4.72 Å². The van der Waals surface area contributed by atoms with Crippen molar-refractivity contribution in [2.75, 3.05) is 13.1 Å². The summed E-state index contributed by atoms with van der Waals surface area (Å²) in [4.78, 5) is 12.3. The fourth-order valence-electron chi connectivity index (χ4n) is 2.16. The molecule has 1 N–H and O–H groups in total. The van der Waals surface area contributed by atoms with Crippen LogP contribution in [-0.2, 0) is 19.7 Å². The maximum atomic E-state index is 12.3. The van der Waals surface area contributed by atoms with Gasteiger partial charge in [0, 0.05) is 13.1 Å². The molecule has 0 aromatic rings. The van der Waals surface area contributed by atoms with Gasteiger partial charge in [-0.3, -0.25) is 4.79 Å². The zero-order valence-corrected chi connectivity index (χ0v) is 14.5. The van der Waals surface area contributed by atoms with Crippen molar-refractivity contribution in [2.24, 2.45) is 5.92 Å². The minimum Gasteiger partial charge on any atom is -0.459 e. The average molecular weight is 320 g/mol. The van der Waals surface area contributed by atoms with Crippen molar-refractivity contribution in [3.63, 3.8) is 0 Å². The summed E-state index contributed by atoms with van der Waals surface area (Å²) in [6.45, 7) is 10.1. The third-order valence-corrected chi connectivity index (χ3v) is 5.15. The highest BCUT2D eigenvalue weighted by Crippen LogP contribution is 2.18. The Labute approximate surface area is 128 Å². The molecule has 6 nitrogen and oxygen atoms in total. The standard InChI is InChI=1S/C14H28N2O4S/c1-6-11(2)12(13(17)20-14(3,4)5)15-21(18,19)16-9-7-8-10-16/h11-12,15H,6-10H2,1-5H3/t11-,12-/m0/s1. The van der Waals surface area contributed by atoms with Crippen molar-refractivity contribution in [1.82, 2.24) is 9.03 Å². The molecule has 1 aliphatic heterocycles. The van der Waals surface area contributed by atoms with Crippen molar-refractivity contribution >= 4 is 16.2 Å². The van der Waals surface area contributed by atoms with Crippen molar-refractivity contribution in [3.05, 3.63) is 0 Å². The lowest BCUT2D eigenvalue weighted by Crippen LogP contribution is -2.51. The Morgan fingerprint density at radius 2 is 1.81 bits per heavy atom. The number of hydrogen-bond acceptors (Lipinski definition) is 4. The van der Waals surface area contributed by atoms with Gasteiger partial charge in [0.05, 0.1) is 0 Å². The third-order valence-electron chi connectivity index (χ3n) is 3.55. The van der Waals surface area contributed by atoms with Crippen LogP contribution in [0.2, 0.25) is 0 Å². The van der Waals surface area contributed by atoms with Crippen molar-refractivity contribution < 1.29 is 17.9 Å². The largest absolute Gasteiger partial charge is 0.459 e. The first-order valence-corrected chi connectivity index (χ1v) is 9.01. The number of rotatable bonds is 6. The minimum atomic E-state index is -3.63. The molecule has 0 amide bonds. The molecular formula is C14H28N2O4S. The maximum Gasteiger partial charge on any atom is 0.325 e. The molecule has 0 bridgehead atoms. The summed E-state index contributed by atoms with van der Waals surface area (Å²) in [5.74, 6) is -0.642. The summed E-state index contributed by atoms with van der Waals surface area (Å²) in [5.41, 5.74) is -0.637. The fourth-order valence-corrected chi connectivity index (χ4v) is 3.70. The van der Waals surface area contributed by atoms with E-state index in [2.05, 4.69) is 4.72 Å². The van der Waals surface area contributed by atoms with Gasteiger partial charge in [-0.15, -0.1) is 0 Å². The summed E-state index contributed by atoms with van der Waals surface area (Å²) in [5, 5.41) is 0. The molecule has 0 saturated carbocycles. The Kier molecular flexibility index (Phi) is 6.19. The van der Waals surface area contributed by atoms with Crippen molar-refractivity contribution in [2.45, 2.75) is 65.5 Å². The molecule has 1 fully saturated rings. The quantitative estimate of drug-likeness (QED) is 0.755. The van der Waals surface area contributed by atoms with Crippen LogP contribution in [0.3, 0.4) is 0 Å². The highest BCUT2D eigenvalue weighted by atomic mass is 32.2. The molecule has 0 spiro atoms. The van der Waals surface area contributed by atoms with Gasteiger partial charge in [0.25, 0.3) is 10.2 Å². The van der Waals surface area contributed by atoms with Crippen LogP contribution in [0.1, 0.15) is 53.9 Å². The Balaban J connectivity index is 2.85. The van der Waals surface area contributed by atoms with Crippen LogP contribution in [0.25, 0.3) is 0 Å². The predicted molar refractivity (Wildman–Crippen MR) is 82.0 cm³/mol. The first-order chi connectivity index (χ1) is 9.57. The smallest absolute Gasteiger partial charge is 0.325 e. The lowest BCUT2D eigenvalue weighted by Gasteiger charge is -2.28. The number of hydrogen-bond donors (Lipinski definition) is 1. The molecular weight excluding hydrogens is 292 g/mol. The summed E-state index contributed by atoms with van der Waals surface area (Å²) < 4.78 is 34.0. The molecule has 124 valence electrons. The highest BCUT2D eigenvalue weighted by Gasteiger charge is 2.35. The summed E-state index contributed by atoms with van der Waals surface area (Å²) >= 11 is 0. The summed E-state index contributed by atoms with van der Waals surface area (Å²) in [6, 6.07) is -0.847. The van der Waals surface area contributed by atoms with Crippen LogP contribution in [0.4, 0.5) is 0 Å². The van der Waals surface area contributed by atoms with Gasteiger partial charge < -0.3 is 4.74 Å². The zero-order valence-electron chi connectivity index (χ0n) is 13.7. The molecule has 7 heteroatoms. The zero-order chi connectivity index (χ0) is 16.3. The van der Waals surface area contributed by atoms with Crippen LogP contribution >= 0.6 is 0 Å². The van der Waals surface area contributed by atoms with E-state index in [0.29, 0.717) is 19.5 Å². The highest BCUT2D eigenvalue weighted by molar-refractivity contribution is 7.87. The van der Waals surface area contributed by atoms with Crippen LogP contribution in [-0.4, -0.2) is 43.4 Å². The van der Waals surface area contributed by atoms with E-state index in [1.807, 2.05) is 13.8 Å². The van der Waals surface area contributed by atoms with E-state index in [4.69, 9.17) is 4.74 Å². The molecule has 1 rings (SSSR count). The molecule has 1 heterocycles. The van der Waals surface area contributed by atoms with E-state index in [1.165, 1.54) is 4.31 Å². The lowest BCUT2D eigenvalue weighted by atomic mass is 10.00. The molecule has 0 aromatic carbocycles. The minimum absolute atomic E-state index is 0.128. The van der Waals surface area contributed by atoms with E-state index in [-0.39, 0.29) is 5.92 Å². The van der Waals surface area contributed by atoms with Gasteiger partial charge >= 0.3 is 5.97 Å². The maximum absolute atomic E-state index is 12.3. The van der Waals surface area contributed by atoms with Crippen molar-refractivity contribution in [1.29, 1.82) is 0 Å². The number of ether oxygens (including phenoxy) is 1. The van der Waals surface area contributed by atoms with Crippen LogP contribution in [0.5, 0.6) is 0 Å². The number of nitrogens with zero attached hydrogens (tertiary/aromatic N) is 1. The normalized spacial score (nSPS) is 20.2. The number of carbonyl (C=O) groups excluding carboxylic acids is 1. The Bertz CT molecular complexity index is 450. The number of carbonyl (C=O) groups is 1. The Morgan fingerprint density at radius 3 is 2.24 bits per heavy atom. The van der Waals surface area contributed by atoms with Gasteiger partial charge in [-0.05, 0) is 39.5 Å². The van der Waals surface area contributed by atoms with E-state index in [9.17, 15) is 13.2 Å². The molecule has 0 radical (unpaired) electrons. The molecule has 21 heavy (non-hydrogen) atoms. The molecule has 1 saturated heterocycles. The second-order valence-corrected chi connectivity index (χ2v) is 8.33. The van der Waals surface area contributed by atoms with E-state index < -0.39 is 27.8 Å². The second-order valence-electron chi connectivity index (χ2n) is 6.63.